The average Bonchev–Trinajstić information content (AvgIpc) is 3.07. The number of hydrogen-bond acceptors (Lipinski definition) is 6. The molecule has 1 unspecified atom stereocenters. The highest BCUT2D eigenvalue weighted by Gasteiger charge is 2.64. The smallest absolute Gasteiger partial charge is 0.404 e. The first-order chi connectivity index (χ1) is 13.0. The SMILES string of the molecule is O=C(OC1=NOC(c2cncc(C(F)(F)F)n2)(C(F)(F)F)C1)c1ccccc1. The highest BCUT2D eigenvalue weighted by Crippen LogP contribution is 2.47. The quantitative estimate of drug-likeness (QED) is 0.561. The average molecular weight is 405 g/mol. The van der Waals surface area contributed by atoms with Crippen LogP contribution in [-0.4, -0.2) is 28.0 Å². The number of rotatable bonds is 2. The van der Waals surface area contributed by atoms with Gasteiger partial charge >= 0.3 is 18.3 Å². The van der Waals surface area contributed by atoms with E-state index in [1.807, 2.05) is 0 Å². The summed E-state index contributed by atoms with van der Waals surface area (Å²) in [5.41, 5.74) is -6.13. The Morgan fingerprint density at radius 3 is 2.36 bits per heavy atom. The van der Waals surface area contributed by atoms with E-state index in [-0.39, 0.29) is 11.8 Å². The van der Waals surface area contributed by atoms with Crippen molar-refractivity contribution >= 4 is 11.9 Å². The number of benzene rings is 1. The van der Waals surface area contributed by atoms with Gasteiger partial charge in [-0.05, 0) is 12.1 Å². The second-order valence-corrected chi connectivity index (χ2v) is 5.62. The number of ether oxygens (including phenoxy) is 1. The third-order valence-corrected chi connectivity index (χ3v) is 3.72. The molecule has 1 aliphatic rings. The van der Waals surface area contributed by atoms with E-state index in [4.69, 9.17) is 4.74 Å². The summed E-state index contributed by atoms with van der Waals surface area (Å²) in [5.74, 6) is -1.76. The van der Waals surface area contributed by atoms with E-state index in [1.54, 1.807) is 6.07 Å². The molecule has 2 aromatic rings. The summed E-state index contributed by atoms with van der Waals surface area (Å²) in [5, 5.41) is 3.09. The van der Waals surface area contributed by atoms with Crippen LogP contribution in [0.2, 0.25) is 0 Å². The second kappa shape index (κ2) is 6.77. The molecule has 0 saturated heterocycles. The van der Waals surface area contributed by atoms with Gasteiger partial charge in [-0.25, -0.2) is 9.78 Å². The Balaban J connectivity index is 1.89. The highest BCUT2D eigenvalue weighted by atomic mass is 19.4. The number of oxime groups is 1. The van der Waals surface area contributed by atoms with Gasteiger partial charge in [-0.2, -0.15) is 26.3 Å². The van der Waals surface area contributed by atoms with E-state index < -0.39 is 47.6 Å². The van der Waals surface area contributed by atoms with E-state index in [9.17, 15) is 31.1 Å². The Labute approximate surface area is 152 Å². The third kappa shape index (κ3) is 3.62. The van der Waals surface area contributed by atoms with E-state index in [0.717, 1.165) is 0 Å². The van der Waals surface area contributed by atoms with E-state index in [0.29, 0.717) is 6.20 Å². The molecule has 0 saturated carbocycles. The molecule has 0 radical (unpaired) electrons. The van der Waals surface area contributed by atoms with Crippen LogP contribution in [0.5, 0.6) is 0 Å². The summed E-state index contributed by atoms with van der Waals surface area (Å²) in [6.45, 7) is 0. The molecular weight excluding hydrogens is 396 g/mol. The normalized spacial score (nSPS) is 19.7. The Kier molecular flexibility index (Phi) is 4.73. The maximum Gasteiger partial charge on any atom is 0.437 e. The van der Waals surface area contributed by atoms with Crippen molar-refractivity contribution in [3.8, 4) is 0 Å². The van der Waals surface area contributed by atoms with Crippen molar-refractivity contribution in [2.75, 3.05) is 0 Å². The Hall–Kier alpha value is -3.18. The Bertz CT molecular complexity index is 914. The molecule has 2 heterocycles. The fourth-order valence-corrected chi connectivity index (χ4v) is 2.33. The van der Waals surface area contributed by atoms with Gasteiger partial charge in [0.05, 0.1) is 24.4 Å². The first-order valence-electron chi connectivity index (χ1n) is 7.52. The molecule has 3 rings (SSSR count). The lowest BCUT2D eigenvalue weighted by molar-refractivity contribution is -0.277. The standard InChI is InChI=1S/C16H9F6N3O3/c17-15(18,19)11-8-23-7-10(24-11)14(16(20,21)22)6-12(25-28-14)27-13(26)9-4-2-1-3-5-9/h1-5,7-8H,6H2. The number of carbonyl (C=O) groups excluding carboxylic acids is 1. The molecule has 0 bridgehead atoms. The molecule has 0 spiro atoms. The predicted molar refractivity (Wildman–Crippen MR) is 79.8 cm³/mol. The topological polar surface area (TPSA) is 73.7 Å². The zero-order valence-corrected chi connectivity index (χ0v) is 13.6. The minimum atomic E-state index is -5.23. The van der Waals surface area contributed by atoms with Gasteiger partial charge in [0.15, 0.2) is 5.69 Å². The molecule has 0 N–H and O–H groups in total. The highest BCUT2D eigenvalue weighted by molar-refractivity contribution is 5.98. The lowest BCUT2D eigenvalue weighted by Crippen LogP contribution is -2.44. The maximum absolute atomic E-state index is 13.7. The van der Waals surface area contributed by atoms with Crippen LogP contribution in [0, 0.1) is 0 Å². The van der Waals surface area contributed by atoms with E-state index >= 15 is 0 Å². The molecular formula is C16H9F6N3O3. The van der Waals surface area contributed by atoms with Crippen LogP contribution in [0.25, 0.3) is 0 Å². The zero-order chi connectivity index (χ0) is 20.6. The van der Waals surface area contributed by atoms with Crippen molar-refractivity contribution in [1.29, 1.82) is 0 Å². The van der Waals surface area contributed by atoms with Crippen LogP contribution in [0.4, 0.5) is 26.3 Å². The number of carbonyl (C=O) groups is 1. The third-order valence-electron chi connectivity index (χ3n) is 3.72. The fraction of sp³-hybridized carbons (Fsp3) is 0.250. The summed E-state index contributed by atoms with van der Waals surface area (Å²) in [4.78, 5) is 22.5. The van der Waals surface area contributed by atoms with Gasteiger partial charge in [0.2, 0.25) is 5.90 Å². The van der Waals surface area contributed by atoms with Crippen molar-refractivity contribution in [3.63, 3.8) is 0 Å². The van der Waals surface area contributed by atoms with Gasteiger partial charge in [-0.15, -0.1) is 0 Å². The summed E-state index contributed by atoms with van der Waals surface area (Å²) >= 11 is 0. The number of halogens is 6. The molecule has 1 aromatic heterocycles. The van der Waals surface area contributed by atoms with Crippen LogP contribution in [0.15, 0.2) is 47.9 Å². The van der Waals surface area contributed by atoms with Gasteiger partial charge in [-0.3, -0.25) is 4.98 Å². The molecule has 12 heteroatoms. The predicted octanol–water partition coefficient (Wildman–Crippen LogP) is 3.84. The summed E-state index contributed by atoms with van der Waals surface area (Å²) in [6, 6.07) is 7.32. The largest absolute Gasteiger partial charge is 0.437 e. The van der Waals surface area contributed by atoms with Crippen LogP contribution in [0.1, 0.15) is 28.2 Å². The number of nitrogens with zero attached hydrogens (tertiary/aromatic N) is 3. The first kappa shape index (κ1) is 19.6. The minimum absolute atomic E-state index is 0.0357. The lowest BCUT2D eigenvalue weighted by Gasteiger charge is -2.28. The van der Waals surface area contributed by atoms with Crippen LogP contribution >= 0.6 is 0 Å². The molecule has 0 aliphatic carbocycles. The number of hydrogen-bond donors (Lipinski definition) is 0. The molecule has 6 nitrogen and oxygen atoms in total. The monoisotopic (exact) mass is 405 g/mol. The van der Waals surface area contributed by atoms with Crippen molar-refractivity contribution in [2.45, 2.75) is 24.4 Å². The van der Waals surface area contributed by atoms with Crippen molar-refractivity contribution in [1.82, 2.24) is 9.97 Å². The van der Waals surface area contributed by atoms with E-state index in [2.05, 4.69) is 20.0 Å². The van der Waals surface area contributed by atoms with Crippen molar-refractivity contribution in [3.05, 3.63) is 59.7 Å². The van der Waals surface area contributed by atoms with Gasteiger partial charge in [0, 0.05) is 0 Å². The van der Waals surface area contributed by atoms with Gasteiger partial charge in [0.1, 0.15) is 5.69 Å². The summed E-state index contributed by atoms with van der Waals surface area (Å²) in [7, 11) is 0. The van der Waals surface area contributed by atoms with Gasteiger partial charge in [-0.1, -0.05) is 23.4 Å². The number of esters is 1. The number of alkyl halides is 6. The molecule has 28 heavy (non-hydrogen) atoms. The second-order valence-electron chi connectivity index (χ2n) is 5.62. The molecule has 0 amide bonds. The van der Waals surface area contributed by atoms with Crippen molar-refractivity contribution in [2.24, 2.45) is 5.16 Å². The van der Waals surface area contributed by atoms with Crippen molar-refractivity contribution < 1.29 is 40.7 Å². The van der Waals surface area contributed by atoms with Crippen LogP contribution in [-0.2, 0) is 21.4 Å². The molecule has 1 aromatic carbocycles. The molecule has 1 atom stereocenters. The summed E-state index contributed by atoms with van der Waals surface area (Å²) < 4.78 is 84.2. The van der Waals surface area contributed by atoms with Crippen LogP contribution < -0.4 is 0 Å². The van der Waals surface area contributed by atoms with Gasteiger partial charge < -0.3 is 9.57 Å². The fourth-order valence-electron chi connectivity index (χ4n) is 2.33. The van der Waals surface area contributed by atoms with Crippen LogP contribution in [0.3, 0.4) is 0 Å². The minimum Gasteiger partial charge on any atom is -0.404 e. The molecule has 0 fully saturated rings. The van der Waals surface area contributed by atoms with E-state index in [1.165, 1.54) is 24.3 Å². The first-order valence-corrected chi connectivity index (χ1v) is 7.52. The number of aromatic nitrogens is 2. The Morgan fingerprint density at radius 2 is 1.75 bits per heavy atom. The molecule has 148 valence electrons. The summed E-state index contributed by atoms with van der Waals surface area (Å²) in [6.07, 6.45) is -10.7. The lowest BCUT2D eigenvalue weighted by atomic mass is 9.95. The maximum atomic E-state index is 13.7. The zero-order valence-electron chi connectivity index (χ0n) is 13.6. The van der Waals surface area contributed by atoms with Gasteiger partial charge in [0.25, 0.3) is 5.60 Å². The Morgan fingerprint density at radius 1 is 1.07 bits per heavy atom. The molecule has 1 aliphatic heterocycles.